The van der Waals surface area contributed by atoms with Crippen molar-refractivity contribution in [3.8, 4) is 5.75 Å². The van der Waals surface area contributed by atoms with Crippen molar-refractivity contribution in [1.82, 2.24) is 14.7 Å². The second-order valence-electron chi connectivity index (χ2n) is 5.83. The average Bonchev–Trinajstić information content (AvgIpc) is 2.44. The molecule has 0 amide bonds. The summed E-state index contributed by atoms with van der Waals surface area (Å²) >= 11 is 0. The monoisotopic (exact) mass is 299 g/mol. The molecule has 2 rings (SSSR count). The minimum absolute atomic E-state index is 0.510. The largest absolute Gasteiger partial charge is 0.503 e. The highest BCUT2D eigenvalue weighted by atomic mass is 19.1. The van der Waals surface area contributed by atoms with Crippen molar-refractivity contribution in [2.24, 2.45) is 0 Å². The summed E-state index contributed by atoms with van der Waals surface area (Å²) in [4.78, 5) is 6.74. The van der Waals surface area contributed by atoms with E-state index in [1.165, 1.54) is 12.1 Å². The molecule has 1 fully saturated rings. The van der Waals surface area contributed by atoms with Crippen LogP contribution in [0.25, 0.3) is 0 Å². The number of halogens is 2. The summed E-state index contributed by atoms with van der Waals surface area (Å²) in [7, 11) is 4.12. The van der Waals surface area contributed by atoms with Crippen LogP contribution >= 0.6 is 0 Å². The molecule has 0 aliphatic carbocycles. The number of aromatic hydroxyl groups is 1. The first-order valence-corrected chi connectivity index (χ1v) is 7.22. The zero-order valence-corrected chi connectivity index (χ0v) is 12.6. The molecule has 0 unspecified atom stereocenters. The number of nitrogens with zero attached hydrogens (tertiary/aromatic N) is 3. The van der Waals surface area contributed by atoms with Crippen LogP contribution in [0.3, 0.4) is 0 Å². The zero-order valence-electron chi connectivity index (χ0n) is 12.6. The van der Waals surface area contributed by atoms with Gasteiger partial charge in [0.2, 0.25) is 0 Å². The van der Waals surface area contributed by atoms with Crippen LogP contribution in [0.1, 0.15) is 5.56 Å². The van der Waals surface area contributed by atoms with E-state index in [4.69, 9.17) is 5.11 Å². The van der Waals surface area contributed by atoms with E-state index in [1.807, 2.05) is 0 Å². The summed E-state index contributed by atoms with van der Waals surface area (Å²) in [5, 5.41) is 9.10. The van der Waals surface area contributed by atoms with Gasteiger partial charge in [0.25, 0.3) is 0 Å². The van der Waals surface area contributed by atoms with Crippen LogP contribution in [0, 0.1) is 11.6 Å². The highest BCUT2D eigenvalue weighted by molar-refractivity contribution is 5.30. The molecule has 0 spiro atoms. The predicted molar refractivity (Wildman–Crippen MR) is 78.3 cm³/mol. The topological polar surface area (TPSA) is 30.0 Å². The number of likely N-dealkylation sites (N-methyl/N-ethyl adjacent to an activating group) is 1. The lowest BCUT2D eigenvalue weighted by Gasteiger charge is -2.35. The number of rotatable bonds is 5. The Hall–Kier alpha value is -1.24. The molecule has 1 aliphatic rings. The first-order chi connectivity index (χ1) is 9.95. The van der Waals surface area contributed by atoms with Crippen LogP contribution in [0.5, 0.6) is 5.75 Å². The Labute approximate surface area is 124 Å². The molecule has 0 saturated carbocycles. The standard InChI is InChI=1S/C15H23F2N3O/c1-18(2)3-4-19-5-7-20(8-6-19)11-12-9-13(16)15(21)14(17)10-12/h9-10,21H,3-8,11H2,1-2H3. The fourth-order valence-corrected chi connectivity index (χ4v) is 2.48. The third-order valence-electron chi connectivity index (χ3n) is 3.81. The molecule has 0 atom stereocenters. The quantitative estimate of drug-likeness (QED) is 0.889. The molecule has 1 aromatic rings. The molecule has 1 saturated heterocycles. The maximum Gasteiger partial charge on any atom is 0.187 e. The van der Waals surface area contributed by atoms with Gasteiger partial charge >= 0.3 is 0 Å². The lowest BCUT2D eigenvalue weighted by Crippen LogP contribution is -2.47. The van der Waals surface area contributed by atoms with Crippen LogP contribution < -0.4 is 0 Å². The molecule has 1 aliphatic heterocycles. The lowest BCUT2D eigenvalue weighted by molar-refractivity contribution is 0.120. The molecule has 1 heterocycles. The summed E-state index contributed by atoms with van der Waals surface area (Å²) in [6.45, 7) is 6.30. The Bertz CT molecular complexity index is 451. The van der Waals surface area contributed by atoms with Gasteiger partial charge in [0.1, 0.15) is 0 Å². The van der Waals surface area contributed by atoms with E-state index in [1.54, 1.807) is 0 Å². The second-order valence-corrected chi connectivity index (χ2v) is 5.83. The van der Waals surface area contributed by atoms with E-state index < -0.39 is 17.4 Å². The van der Waals surface area contributed by atoms with Crippen LogP contribution in [0.4, 0.5) is 8.78 Å². The molecular weight excluding hydrogens is 276 g/mol. The Kier molecular flexibility index (Phi) is 5.50. The van der Waals surface area contributed by atoms with E-state index in [-0.39, 0.29) is 0 Å². The SMILES string of the molecule is CN(C)CCN1CCN(Cc2cc(F)c(O)c(F)c2)CC1. The fraction of sp³-hybridized carbons (Fsp3) is 0.600. The van der Waals surface area contributed by atoms with Crippen LogP contribution in [0.2, 0.25) is 0 Å². The predicted octanol–water partition coefficient (Wildman–Crippen LogP) is 1.35. The molecular formula is C15H23F2N3O. The number of benzene rings is 1. The van der Waals surface area contributed by atoms with Gasteiger partial charge in [0.05, 0.1) is 0 Å². The van der Waals surface area contributed by atoms with Gasteiger partial charge in [-0.2, -0.15) is 0 Å². The van der Waals surface area contributed by atoms with Crippen LogP contribution in [-0.4, -0.2) is 73.2 Å². The van der Waals surface area contributed by atoms with Gasteiger partial charge in [-0.05, 0) is 31.8 Å². The van der Waals surface area contributed by atoms with Gasteiger partial charge in [0.15, 0.2) is 17.4 Å². The number of piperazine rings is 1. The third-order valence-corrected chi connectivity index (χ3v) is 3.81. The van der Waals surface area contributed by atoms with Gasteiger partial charge in [-0.3, -0.25) is 9.80 Å². The normalized spacial score (nSPS) is 17.6. The van der Waals surface area contributed by atoms with E-state index in [2.05, 4.69) is 28.8 Å². The minimum Gasteiger partial charge on any atom is -0.503 e. The minimum atomic E-state index is -0.896. The Balaban J connectivity index is 1.83. The van der Waals surface area contributed by atoms with E-state index in [0.29, 0.717) is 12.1 Å². The Morgan fingerprint density at radius 1 is 1.05 bits per heavy atom. The molecule has 0 bridgehead atoms. The third kappa shape index (κ3) is 4.62. The van der Waals surface area contributed by atoms with Crippen molar-refractivity contribution in [2.45, 2.75) is 6.54 Å². The van der Waals surface area contributed by atoms with E-state index >= 15 is 0 Å². The fourth-order valence-electron chi connectivity index (χ4n) is 2.48. The van der Waals surface area contributed by atoms with Gasteiger partial charge in [-0.15, -0.1) is 0 Å². The van der Waals surface area contributed by atoms with Crippen molar-refractivity contribution in [3.63, 3.8) is 0 Å². The Morgan fingerprint density at radius 2 is 1.57 bits per heavy atom. The molecule has 6 heteroatoms. The zero-order chi connectivity index (χ0) is 15.4. The Morgan fingerprint density at radius 3 is 2.10 bits per heavy atom. The van der Waals surface area contributed by atoms with Crippen molar-refractivity contribution < 1.29 is 13.9 Å². The maximum atomic E-state index is 13.3. The molecule has 1 N–H and O–H groups in total. The van der Waals surface area contributed by atoms with Crippen molar-refractivity contribution in [3.05, 3.63) is 29.3 Å². The molecule has 4 nitrogen and oxygen atoms in total. The van der Waals surface area contributed by atoms with Crippen molar-refractivity contribution in [1.29, 1.82) is 0 Å². The highest BCUT2D eigenvalue weighted by Crippen LogP contribution is 2.22. The first-order valence-electron chi connectivity index (χ1n) is 7.22. The lowest BCUT2D eigenvalue weighted by atomic mass is 10.1. The maximum absolute atomic E-state index is 13.3. The molecule has 21 heavy (non-hydrogen) atoms. The summed E-state index contributed by atoms with van der Waals surface area (Å²) < 4.78 is 26.6. The first kappa shape index (κ1) is 16.1. The van der Waals surface area contributed by atoms with Gasteiger partial charge in [-0.1, -0.05) is 0 Å². The van der Waals surface area contributed by atoms with Crippen molar-refractivity contribution >= 4 is 0 Å². The molecule has 118 valence electrons. The molecule has 0 radical (unpaired) electrons. The van der Waals surface area contributed by atoms with Gasteiger partial charge in [0, 0.05) is 45.8 Å². The number of hydrogen-bond acceptors (Lipinski definition) is 4. The van der Waals surface area contributed by atoms with Crippen LogP contribution in [0.15, 0.2) is 12.1 Å². The average molecular weight is 299 g/mol. The smallest absolute Gasteiger partial charge is 0.187 e. The number of phenols is 1. The summed E-state index contributed by atoms with van der Waals surface area (Å²) in [5.74, 6) is -2.68. The summed E-state index contributed by atoms with van der Waals surface area (Å²) in [6, 6.07) is 2.41. The second kappa shape index (κ2) is 7.15. The van der Waals surface area contributed by atoms with Crippen molar-refractivity contribution in [2.75, 3.05) is 53.4 Å². The molecule has 0 aromatic heterocycles. The highest BCUT2D eigenvalue weighted by Gasteiger charge is 2.18. The number of hydrogen-bond donors (Lipinski definition) is 1. The van der Waals surface area contributed by atoms with E-state index in [0.717, 1.165) is 39.3 Å². The number of phenolic OH excluding ortho intramolecular Hbond substituents is 1. The van der Waals surface area contributed by atoms with Crippen LogP contribution in [-0.2, 0) is 6.54 Å². The summed E-state index contributed by atoms with van der Waals surface area (Å²) in [5.41, 5.74) is 0.560. The van der Waals surface area contributed by atoms with Gasteiger partial charge in [-0.25, -0.2) is 8.78 Å². The van der Waals surface area contributed by atoms with Gasteiger partial charge < -0.3 is 10.0 Å². The van der Waals surface area contributed by atoms with E-state index in [9.17, 15) is 8.78 Å². The summed E-state index contributed by atoms with van der Waals surface area (Å²) in [6.07, 6.45) is 0. The molecule has 1 aromatic carbocycles.